The van der Waals surface area contributed by atoms with Crippen molar-refractivity contribution >= 4 is 84.0 Å². The van der Waals surface area contributed by atoms with Gasteiger partial charge in [0.2, 0.25) is 0 Å². The van der Waals surface area contributed by atoms with Crippen LogP contribution in [0, 0.1) is 0 Å². The van der Waals surface area contributed by atoms with Crippen molar-refractivity contribution in [2.45, 2.75) is 0 Å². The molecule has 1 aliphatic rings. The first-order valence-corrected chi connectivity index (χ1v) is 17.6. The topological polar surface area (TPSA) is 7.65 Å². The second-order valence-electron chi connectivity index (χ2n) is 12.1. The molecule has 7 aromatic carbocycles. The molecule has 2 aromatic heterocycles. The standard InChI is InChI=1S/C42H28N2Si/c1-3-14-30(15-4-1)45(31-16-5-2-6-17-31)40-24-11-9-22-37(40)43(38-23-10-12-25-41(38)45)29-26-27-33-35-20-13-19-34-32-18-7-8-21-36(32)44(42(34)35)39(33)28-29/h1-28H. The molecule has 45 heavy (non-hydrogen) atoms. The van der Waals surface area contributed by atoms with Crippen LogP contribution >= 0.6 is 0 Å². The second-order valence-corrected chi connectivity index (χ2v) is 15.8. The van der Waals surface area contributed by atoms with E-state index in [1.807, 2.05) is 0 Å². The Morgan fingerprint density at radius 2 is 0.889 bits per heavy atom. The van der Waals surface area contributed by atoms with Gasteiger partial charge < -0.3 is 9.30 Å². The van der Waals surface area contributed by atoms with Crippen LogP contribution in [-0.2, 0) is 0 Å². The highest BCUT2D eigenvalue weighted by Gasteiger charge is 2.48. The Morgan fingerprint density at radius 3 is 1.53 bits per heavy atom. The Kier molecular flexibility index (Phi) is 5.05. The minimum atomic E-state index is -2.63. The minimum absolute atomic E-state index is 1.18. The van der Waals surface area contributed by atoms with E-state index in [2.05, 4.69) is 179 Å². The Balaban J connectivity index is 1.31. The summed E-state index contributed by atoms with van der Waals surface area (Å²) in [6.07, 6.45) is 0. The molecule has 9 aromatic rings. The Morgan fingerprint density at radius 1 is 0.378 bits per heavy atom. The van der Waals surface area contributed by atoms with Gasteiger partial charge in [0.15, 0.2) is 8.07 Å². The molecular formula is C42H28N2Si. The largest absolute Gasteiger partial charge is 0.311 e. The van der Waals surface area contributed by atoms with Crippen molar-refractivity contribution < 1.29 is 0 Å². The van der Waals surface area contributed by atoms with Gasteiger partial charge in [-0.3, -0.25) is 0 Å². The maximum atomic E-state index is 2.51. The van der Waals surface area contributed by atoms with Gasteiger partial charge >= 0.3 is 0 Å². The van der Waals surface area contributed by atoms with Gasteiger partial charge in [0.25, 0.3) is 0 Å². The van der Waals surface area contributed by atoms with Gasteiger partial charge in [-0.2, -0.15) is 0 Å². The molecule has 3 heteroatoms. The fourth-order valence-electron chi connectivity index (χ4n) is 8.25. The van der Waals surface area contributed by atoms with Crippen molar-refractivity contribution in [1.29, 1.82) is 0 Å². The van der Waals surface area contributed by atoms with Crippen LogP contribution in [0.25, 0.3) is 38.1 Å². The van der Waals surface area contributed by atoms with Gasteiger partial charge in [-0.1, -0.05) is 140 Å². The zero-order valence-corrected chi connectivity index (χ0v) is 25.6. The SMILES string of the molecule is c1ccc([Si]2(c3ccccc3)c3ccccc3N(c3ccc4c5cccc6c7ccccc7n(c4c3)c65)c3ccccc32)cc1. The minimum Gasteiger partial charge on any atom is -0.311 e. The molecule has 3 heterocycles. The molecule has 2 nitrogen and oxygen atoms in total. The van der Waals surface area contributed by atoms with Crippen LogP contribution in [0.5, 0.6) is 0 Å². The van der Waals surface area contributed by atoms with Crippen molar-refractivity contribution in [1.82, 2.24) is 4.40 Å². The summed E-state index contributed by atoms with van der Waals surface area (Å²) in [5, 5.41) is 10.9. The lowest BCUT2D eigenvalue weighted by Gasteiger charge is -2.45. The molecule has 0 aliphatic carbocycles. The highest BCUT2D eigenvalue weighted by atomic mass is 28.3. The molecule has 10 rings (SSSR count). The van der Waals surface area contributed by atoms with Crippen LogP contribution in [-0.4, -0.2) is 12.5 Å². The molecule has 0 saturated heterocycles. The molecule has 0 unspecified atom stereocenters. The van der Waals surface area contributed by atoms with Crippen molar-refractivity contribution in [2.24, 2.45) is 0 Å². The molecular weight excluding hydrogens is 561 g/mol. The summed E-state index contributed by atoms with van der Waals surface area (Å²) < 4.78 is 2.48. The molecule has 0 fully saturated rings. The molecule has 210 valence electrons. The highest BCUT2D eigenvalue weighted by molar-refractivity contribution is 7.21. The number of para-hydroxylation sites is 4. The van der Waals surface area contributed by atoms with Gasteiger partial charge in [0, 0.05) is 38.6 Å². The highest BCUT2D eigenvalue weighted by Crippen LogP contribution is 2.43. The summed E-state index contributed by atoms with van der Waals surface area (Å²) in [4.78, 5) is 2.51. The van der Waals surface area contributed by atoms with E-state index in [0.29, 0.717) is 0 Å². The van der Waals surface area contributed by atoms with Crippen LogP contribution in [0.3, 0.4) is 0 Å². The van der Waals surface area contributed by atoms with Crippen LogP contribution in [0.2, 0.25) is 0 Å². The van der Waals surface area contributed by atoms with Gasteiger partial charge in [-0.25, -0.2) is 0 Å². The van der Waals surface area contributed by atoms with E-state index in [-0.39, 0.29) is 0 Å². The van der Waals surface area contributed by atoms with Gasteiger partial charge in [0.05, 0.1) is 16.6 Å². The first-order chi connectivity index (χ1) is 22.4. The van der Waals surface area contributed by atoms with E-state index < -0.39 is 8.07 Å². The average Bonchev–Trinajstić information content (AvgIpc) is 3.63. The maximum Gasteiger partial charge on any atom is 0.184 e. The summed E-state index contributed by atoms with van der Waals surface area (Å²) in [7, 11) is -2.63. The molecule has 0 bridgehead atoms. The normalized spacial score (nSPS) is 13.9. The lowest BCUT2D eigenvalue weighted by molar-refractivity contribution is 1.29. The molecule has 0 saturated carbocycles. The first-order valence-electron chi connectivity index (χ1n) is 15.6. The third-order valence-corrected chi connectivity index (χ3v) is 14.8. The molecule has 0 amide bonds. The number of aromatic nitrogens is 1. The van der Waals surface area contributed by atoms with Gasteiger partial charge in [-0.15, -0.1) is 0 Å². The first kappa shape index (κ1) is 24.8. The quantitative estimate of drug-likeness (QED) is 0.190. The molecule has 0 N–H and O–H groups in total. The van der Waals surface area contributed by atoms with Crippen molar-refractivity contribution in [3.63, 3.8) is 0 Å². The van der Waals surface area contributed by atoms with Crippen molar-refractivity contribution in [3.05, 3.63) is 170 Å². The number of hydrogen-bond donors (Lipinski definition) is 0. The lowest BCUT2D eigenvalue weighted by Crippen LogP contribution is -2.77. The van der Waals surface area contributed by atoms with Crippen LogP contribution in [0.15, 0.2) is 170 Å². The molecule has 0 atom stereocenters. The fraction of sp³-hybridized carbons (Fsp3) is 0. The number of hydrogen-bond acceptors (Lipinski definition) is 1. The van der Waals surface area contributed by atoms with E-state index in [1.54, 1.807) is 0 Å². The summed E-state index contributed by atoms with van der Waals surface area (Å²) in [6, 6.07) is 63.3. The maximum absolute atomic E-state index is 2.63. The smallest absolute Gasteiger partial charge is 0.184 e. The third-order valence-electron chi connectivity index (χ3n) is 9.98. The van der Waals surface area contributed by atoms with Crippen LogP contribution in [0.1, 0.15) is 0 Å². The predicted octanol–water partition coefficient (Wildman–Crippen LogP) is 8.00. The summed E-state index contributed by atoms with van der Waals surface area (Å²) in [5.74, 6) is 0. The number of anilines is 3. The fourth-order valence-corrected chi connectivity index (χ4v) is 13.4. The summed E-state index contributed by atoms with van der Waals surface area (Å²) in [5.41, 5.74) is 7.51. The molecule has 0 radical (unpaired) electrons. The Labute approximate surface area is 262 Å². The molecule has 0 spiro atoms. The van der Waals surface area contributed by atoms with Crippen molar-refractivity contribution in [3.8, 4) is 0 Å². The van der Waals surface area contributed by atoms with E-state index in [1.165, 1.54) is 75.9 Å². The number of nitrogens with zero attached hydrogens (tertiary/aromatic N) is 2. The number of fused-ring (bicyclic) bond motifs is 8. The zero-order valence-electron chi connectivity index (χ0n) is 24.6. The van der Waals surface area contributed by atoms with Gasteiger partial charge in [-0.05, 0) is 51.1 Å². The van der Waals surface area contributed by atoms with E-state index >= 15 is 0 Å². The van der Waals surface area contributed by atoms with Crippen LogP contribution < -0.4 is 25.6 Å². The summed E-state index contributed by atoms with van der Waals surface area (Å²) in [6.45, 7) is 0. The Bertz CT molecular complexity index is 2460. The molecule has 1 aliphatic heterocycles. The zero-order chi connectivity index (χ0) is 29.5. The summed E-state index contributed by atoms with van der Waals surface area (Å²) >= 11 is 0. The third kappa shape index (κ3) is 3.18. The van der Waals surface area contributed by atoms with Crippen molar-refractivity contribution in [2.75, 3.05) is 4.90 Å². The van der Waals surface area contributed by atoms with Crippen LogP contribution in [0.4, 0.5) is 17.1 Å². The second kappa shape index (κ2) is 9.18. The monoisotopic (exact) mass is 588 g/mol. The van der Waals surface area contributed by atoms with E-state index in [4.69, 9.17) is 0 Å². The average molecular weight is 589 g/mol. The Hall–Kier alpha value is -5.64. The van der Waals surface area contributed by atoms with E-state index in [0.717, 1.165) is 0 Å². The van der Waals surface area contributed by atoms with E-state index in [9.17, 15) is 0 Å². The number of rotatable bonds is 3. The lowest BCUT2D eigenvalue weighted by atomic mass is 10.1. The number of benzene rings is 7. The van der Waals surface area contributed by atoms with Gasteiger partial charge in [0.1, 0.15) is 0 Å². The predicted molar refractivity (Wildman–Crippen MR) is 193 cm³/mol.